The maximum atomic E-state index is 12.7. The normalized spacial score (nSPS) is 25.2. The van der Waals surface area contributed by atoms with Crippen molar-refractivity contribution in [3.63, 3.8) is 0 Å². The standard InChI is InChI=1S/C21H31N3O4/c1-3-19(26)24-17(21(18(24)15-25)16-7-5-4-6-8-16)13-22(2)20(27)14-23-9-11-28-12-10-23/h4-8,17-18,21,25H,3,9-15H2,1-2H3/t17-,18-,21+/m0/s1. The first-order valence-electron chi connectivity index (χ1n) is 10.1. The molecule has 1 N–H and O–H groups in total. The number of aliphatic hydroxyl groups excluding tert-OH is 1. The second-order valence-electron chi connectivity index (χ2n) is 7.57. The first-order valence-corrected chi connectivity index (χ1v) is 10.1. The fraction of sp³-hybridized carbons (Fsp3) is 0.619. The van der Waals surface area contributed by atoms with Crippen LogP contribution in [0.2, 0.25) is 0 Å². The van der Waals surface area contributed by atoms with Crippen LogP contribution in [0.5, 0.6) is 0 Å². The fourth-order valence-electron chi connectivity index (χ4n) is 4.28. The number of nitrogens with zero attached hydrogens (tertiary/aromatic N) is 3. The Morgan fingerprint density at radius 2 is 1.86 bits per heavy atom. The number of aliphatic hydroxyl groups is 1. The van der Waals surface area contributed by atoms with E-state index in [1.165, 1.54) is 0 Å². The molecule has 154 valence electrons. The van der Waals surface area contributed by atoms with E-state index in [2.05, 4.69) is 4.90 Å². The average Bonchev–Trinajstić information content (AvgIpc) is 2.71. The SMILES string of the molecule is CCC(=O)N1[C@@H](CO)[C@H](c2ccccc2)[C@@H]1CN(C)C(=O)CN1CCOCC1. The summed E-state index contributed by atoms with van der Waals surface area (Å²) in [4.78, 5) is 30.8. The predicted molar refractivity (Wildman–Crippen MR) is 106 cm³/mol. The highest BCUT2D eigenvalue weighted by Gasteiger charge is 2.51. The molecule has 0 unspecified atom stereocenters. The molecule has 2 heterocycles. The van der Waals surface area contributed by atoms with Crippen LogP contribution >= 0.6 is 0 Å². The van der Waals surface area contributed by atoms with Gasteiger partial charge < -0.3 is 19.6 Å². The van der Waals surface area contributed by atoms with Crippen LogP contribution in [0.4, 0.5) is 0 Å². The van der Waals surface area contributed by atoms with Crippen molar-refractivity contribution in [3.05, 3.63) is 35.9 Å². The molecule has 0 saturated carbocycles. The predicted octanol–water partition coefficient (Wildman–Crippen LogP) is 0.543. The molecule has 2 aliphatic rings. The van der Waals surface area contributed by atoms with Crippen LogP contribution < -0.4 is 0 Å². The van der Waals surface area contributed by atoms with Crippen LogP contribution in [0.25, 0.3) is 0 Å². The van der Waals surface area contributed by atoms with Gasteiger partial charge in [-0.05, 0) is 5.56 Å². The second-order valence-corrected chi connectivity index (χ2v) is 7.57. The van der Waals surface area contributed by atoms with Gasteiger partial charge in [-0.25, -0.2) is 0 Å². The minimum atomic E-state index is -0.234. The largest absolute Gasteiger partial charge is 0.394 e. The van der Waals surface area contributed by atoms with Crippen molar-refractivity contribution in [1.82, 2.24) is 14.7 Å². The molecular weight excluding hydrogens is 358 g/mol. The molecule has 0 spiro atoms. The van der Waals surface area contributed by atoms with Crippen molar-refractivity contribution in [1.29, 1.82) is 0 Å². The third kappa shape index (κ3) is 4.37. The average molecular weight is 389 g/mol. The van der Waals surface area contributed by atoms with E-state index in [0.717, 1.165) is 18.7 Å². The highest BCUT2D eigenvalue weighted by molar-refractivity contribution is 5.80. The quantitative estimate of drug-likeness (QED) is 0.737. The number of hydrogen-bond acceptors (Lipinski definition) is 5. The van der Waals surface area contributed by atoms with E-state index in [9.17, 15) is 14.7 Å². The van der Waals surface area contributed by atoms with Crippen LogP contribution in [0, 0.1) is 0 Å². The highest BCUT2D eigenvalue weighted by Crippen LogP contribution is 2.41. The second kappa shape index (κ2) is 9.49. The van der Waals surface area contributed by atoms with Gasteiger partial charge in [-0.1, -0.05) is 37.3 Å². The zero-order chi connectivity index (χ0) is 20.1. The van der Waals surface area contributed by atoms with Gasteiger partial charge in [0.25, 0.3) is 0 Å². The Labute approximate surface area is 166 Å². The van der Waals surface area contributed by atoms with Gasteiger partial charge in [0.05, 0.1) is 38.4 Å². The molecule has 0 aromatic heterocycles. The van der Waals surface area contributed by atoms with E-state index in [4.69, 9.17) is 4.74 Å². The topological polar surface area (TPSA) is 73.3 Å². The first-order chi connectivity index (χ1) is 13.6. The van der Waals surface area contributed by atoms with Crippen molar-refractivity contribution in [2.24, 2.45) is 0 Å². The van der Waals surface area contributed by atoms with E-state index >= 15 is 0 Å². The van der Waals surface area contributed by atoms with Crippen molar-refractivity contribution in [3.8, 4) is 0 Å². The van der Waals surface area contributed by atoms with Crippen molar-refractivity contribution >= 4 is 11.8 Å². The molecule has 3 atom stereocenters. The van der Waals surface area contributed by atoms with Crippen LogP contribution in [-0.4, -0.2) is 96.8 Å². The molecule has 0 bridgehead atoms. The number of amides is 2. The van der Waals surface area contributed by atoms with Gasteiger partial charge in [0.15, 0.2) is 0 Å². The van der Waals surface area contributed by atoms with E-state index in [0.29, 0.717) is 32.7 Å². The van der Waals surface area contributed by atoms with Gasteiger partial charge in [0.2, 0.25) is 11.8 Å². The molecule has 1 aromatic rings. The molecule has 28 heavy (non-hydrogen) atoms. The summed E-state index contributed by atoms with van der Waals surface area (Å²) in [6, 6.07) is 9.61. The van der Waals surface area contributed by atoms with Gasteiger partial charge >= 0.3 is 0 Å². The van der Waals surface area contributed by atoms with Crippen LogP contribution in [0.3, 0.4) is 0 Å². The smallest absolute Gasteiger partial charge is 0.236 e. The molecule has 2 saturated heterocycles. The lowest BCUT2D eigenvalue weighted by molar-refractivity contribution is -0.154. The Balaban J connectivity index is 1.71. The lowest BCUT2D eigenvalue weighted by atomic mass is 9.74. The van der Waals surface area contributed by atoms with Crippen molar-refractivity contribution in [2.45, 2.75) is 31.3 Å². The molecule has 0 radical (unpaired) electrons. The lowest BCUT2D eigenvalue weighted by Crippen LogP contribution is -2.68. The number of carbonyl (C=O) groups is 2. The summed E-state index contributed by atoms with van der Waals surface area (Å²) in [5.41, 5.74) is 1.10. The van der Waals surface area contributed by atoms with Crippen LogP contribution in [0.1, 0.15) is 24.8 Å². The van der Waals surface area contributed by atoms with Crippen molar-refractivity contribution < 1.29 is 19.4 Å². The number of hydrogen-bond donors (Lipinski definition) is 1. The zero-order valence-corrected chi connectivity index (χ0v) is 16.8. The summed E-state index contributed by atoms with van der Waals surface area (Å²) >= 11 is 0. The molecule has 2 fully saturated rings. The number of morpholine rings is 1. The number of likely N-dealkylation sites (tertiary alicyclic amines) is 1. The summed E-state index contributed by atoms with van der Waals surface area (Å²) in [6.45, 7) is 5.44. The summed E-state index contributed by atoms with van der Waals surface area (Å²) in [5.74, 6) is 0.0932. The van der Waals surface area contributed by atoms with E-state index < -0.39 is 0 Å². The highest BCUT2D eigenvalue weighted by atomic mass is 16.5. The Bertz CT molecular complexity index is 663. The zero-order valence-electron chi connectivity index (χ0n) is 16.8. The van der Waals surface area contributed by atoms with Gasteiger partial charge in [-0.3, -0.25) is 14.5 Å². The number of likely N-dealkylation sites (N-methyl/N-ethyl adjacent to an activating group) is 1. The fourth-order valence-corrected chi connectivity index (χ4v) is 4.28. The third-order valence-corrected chi connectivity index (χ3v) is 5.85. The molecule has 1 aromatic carbocycles. The molecule has 7 heteroatoms. The summed E-state index contributed by atoms with van der Waals surface area (Å²) < 4.78 is 5.34. The maximum Gasteiger partial charge on any atom is 0.236 e. The van der Waals surface area contributed by atoms with E-state index in [1.54, 1.807) is 16.8 Å². The van der Waals surface area contributed by atoms with Crippen LogP contribution in [0.15, 0.2) is 30.3 Å². The van der Waals surface area contributed by atoms with Gasteiger partial charge in [-0.15, -0.1) is 0 Å². The molecule has 2 amide bonds. The van der Waals surface area contributed by atoms with E-state index in [-0.39, 0.29) is 36.4 Å². The lowest BCUT2D eigenvalue weighted by Gasteiger charge is -2.56. The minimum absolute atomic E-state index is 0.0188. The summed E-state index contributed by atoms with van der Waals surface area (Å²) in [7, 11) is 1.80. The Morgan fingerprint density at radius 1 is 1.18 bits per heavy atom. The molecule has 7 nitrogen and oxygen atoms in total. The Morgan fingerprint density at radius 3 is 2.46 bits per heavy atom. The summed E-state index contributed by atoms with van der Waals surface area (Å²) in [6.07, 6.45) is 0.389. The molecule has 3 rings (SSSR count). The first kappa shape index (κ1) is 20.8. The number of ether oxygens (including phenoxy) is 1. The van der Waals surface area contributed by atoms with Gasteiger partial charge in [0.1, 0.15) is 0 Å². The Kier molecular flexibility index (Phi) is 7.04. The number of benzene rings is 1. The number of rotatable bonds is 7. The van der Waals surface area contributed by atoms with Gasteiger partial charge in [-0.2, -0.15) is 0 Å². The third-order valence-electron chi connectivity index (χ3n) is 5.85. The minimum Gasteiger partial charge on any atom is -0.394 e. The number of carbonyl (C=O) groups excluding carboxylic acids is 2. The van der Waals surface area contributed by atoms with Crippen molar-refractivity contribution in [2.75, 3.05) is 53.0 Å². The molecule has 0 aliphatic carbocycles. The monoisotopic (exact) mass is 389 g/mol. The summed E-state index contributed by atoms with van der Waals surface area (Å²) in [5, 5.41) is 9.92. The molecular formula is C21H31N3O4. The van der Waals surface area contributed by atoms with Crippen LogP contribution in [-0.2, 0) is 14.3 Å². The maximum absolute atomic E-state index is 12.7. The molecule has 2 aliphatic heterocycles. The van der Waals surface area contributed by atoms with Gasteiger partial charge in [0, 0.05) is 39.0 Å². The van der Waals surface area contributed by atoms with E-state index in [1.807, 2.05) is 37.3 Å². The Hall–Kier alpha value is -1.96.